The van der Waals surface area contributed by atoms with Gasteiger partial charge in [0.15, 0.2) is 11.5 Å². The van der Waals surface area contributed by atoms with Crippen molar-refractivity contribution in [2.24, 2.45) is 0 Å². The highest BCUT2D eigenvalue weighted by molar-refractivity contribution is 7.99. The van der Waals surface area contributed by atoms with Gasteiger partial charge in [-0.05, 0) is 42.3 Å². The third kappa shape index (κ3) is 5.23. The Hall–Kier alpha value is -3.06. The molecule has 144 valence electrons. The second-order valence-corrected chi connectivity index (χ2v) is 6.89. The smallest absolute Gasteiger partial charge is 0.224 e. The van der Waals surface area contributed by atoms with Gasteiger partial charge in [-0.1, -0.05) is 30.0 Å². The van der Waals surface area contributed by atoms with E-state index in [1.54, 1.807) is 32.7 Å². The normalized spacial score (nSPS) is 10.4. The first-order valence-electron chi connectivity index (χ1n) is 8.74. The van der Waals surface area contributed by atoms with Crippen LogP contribution in [0.3, 0.4) is 0 Å². The Bertz CT molecular complexity index is 935. The third-order valence-corrected chi connectivity index (χ3v) is 4.85. The number of nitrogens with one attached hydrogen (secondary N) is 1. The summed E-state index contributed by atoms with van der Waals surface area (Å²) in [7, 11) is 3.19. The highest BCUT2D eigenvalue weighted by atomic mass is 32.2. The number of ether oxygens (including phenoxy) is 2. The highest BCUT2D eigenvalue weighted by Gasteiger charge is 2.12. The van der Waals surface area contributed by atoms with Crippen LogP contribution in [0.4, 0.5) is 5.69 Å². The van der Waals surface area contributed by atoms with Gasteiger partial charge in [-0.2, -0.15) is 0 Å². The van der Waals surface area contributed by atoms with Crippen LogP contribution >= 0.6 is 11.8 Å². The van der Waals surface area contributed by atoms with Gasteiger partial charge in [-0.3, -0.25) is 4.79 Å². The van der Waals surface area contributed by atoms with E-state index in [0.717, 1.165) is 15.6 Å². The lowest BCUT2D eigenvalue weighted by Crippen LogP contribution is -2.12. The van der Waals surface area contributed by atoms with Gasteiger partial charge in [0.2, 0.25) is 5.91 Å². The molecule has 0 aliphatic rings. The lowest BCUT2D eigenvalue weighted by molar-refractivity contribution is -0.116. The summed E-state index contributed by atoms with van der Waals surface area (Å²) in [5, 5.41) is 4.54. The molecule has 1 aromatic carbocycles. The number of aryl methyl sites for hydroxylation is 1. The van der Waals surface area contributed by atoms with Crippen LogP contribution in [0.2, 0.25) is 0 Å². The highest BCUT2D eigenvalue weighted by Crippen LogP contribution is 2.31. The van der Waals surface area contributed by atoms with Gasteiger partial charge in [-0.25, -0.2) is 9.97 Å². The summed E-state index contributed by atoms with van der Waals surface area (Å²) in [6.07, 6.45) is 4.29. The van der Waals surface area contributed by atoms with Crippen molar-refractivity contribution in [3.05, 3.63) is 66.5 Å². The number of amides is 1. The summed E-state index contributed by atoms with van der Waals surface area (Å²) in [5.41, 5.74) is 1.63. The molecule has 3 rings (SSSR count). The third-order valence-electron chi connectivity index (χ3n) is 3.97. The molecule has 2 heterocycles. The van der Waals surface area contributed by atoms with Gasteiger partial charge >= 0.3 is 0 Å². The van der Waals surface area contributed by atoms with E-state index in [1.807, 2.05) is 42.5 Å². The number of aromatic nitrogens is 2. The number of nitrogens with zero attached hydrogens (tertiary/aromatic N) is 2. The molecule has 28 heavy (non-hydrogen) atoms. The van der Waals surface area contributed by atoms with E-state index in [-0.39, 0.29) is 5.91 Å². The van der Waals surface area contributed by atoms with E-state index in [9.17, 15) is 4.79 Å². The lowest BCUT2D eigenvalue weighted by atomic mass is 10.1. The Morgan fingerprint density at radius 1 is 1.00 bits per heavy atom. The van der Waals surface area contributed by atoms with Crippen LogP contribution in [0.25, 0.3) is 0 Å². The van der Waals surface area contributed by atoms with Crippen LogP contribution < -0.4 is 14.8 Å². The average Bonchev–Trinajstić information content (AvgIpc) is 2.72. The summed E-state index contributed by atoms with van der Waals surface area (Å²) in [4.78, 5) is 21.0. The quantitative estimate of drug-likeness (QED) is 0.616. The number of carbonyl (C=O) groups excluding carboxylic acids is 1. The fourth-order valence-electron chi connectivity index (χ4n) is 2.68. The van der Waals surface area contributed by atoms with Crippen molar-refractivity contribution in [1.29, 1.82) is 0 Å². The van der Waals surface area contributed by atoms with Crippen molar-refractivity contribution in [3.63, 3.8) is 0 Å². The number of pyridine rings is 2. The van der Waals surface area contributed by atoms with E-state index in [2.05, 4.69) is 15.3 Å². The van der Waals surface area contributed by atoms with Gasteiger partial charge in [-0.15, -0.1) is 0 Å². The maximum atomic E-state index is 12.4. The minimum atomic E-state index is -0.0788. The molecule has 2 aromatic heterocycles. The zero-order valence-electron chi connectivity index (χ0n) is 15.7. The van der Waals surface area contributed by atoms with Gasteiger partial charge in [0.05, 0.1) is 14.2 Å². The average molecular weight is 395 g/mol. The molecule has 7 heteroatoms. The first-order chi connectivity index (χ1) is 13.7. The van der Waals surface area contributed by atoms with E-state index in [1.165, 1.54) is 11.8 Å². The van der Waals surface area contributed by atoms with Crippen molar-refractivity contribution in [3.8, 4) is 11.5 Å². The number of anilines is 1. The van der Waals surface area contributed by atoms with E-state index >= 15 is 0 Å². The Labute approximate surface area is 168 Å². The Morgan fingerprint density at radius 2 is 1.86 bits per heavy atom. The SMILES string of the molecule is COc1cccc(CCC(=O)Nc2ccnc(Sc3ccccn3)c2)c1OC. The number of hydrogen-bond acceptors (Lipinski definition) is 6. The number of hydrogen-bond donors (Lipinski definition) is 1. The van der Waals surface area contributed by atoms with Gasteiger partial charge in [0, 0.05) is 24.5 Å². The number of benzene rings is 1. The monoisotopic (exact) mass is 395 g/mol. The summed E-state index contributed by atoms with van der Waals surface area (Å²) in [6, 6.07) is 15.0. The van der Waals surface area contributed by atoms with Crippen molar-refractivity contribution in [1.82, 2.24) is 9.97 Å². The minimum absolute atomic E-state index is 0.0788. The summed E-state index contributed by atoms with van der Waals surface area (Å²) >= 11 is 1.44. The molecule has 0 fully saturated rings. The molecule has 3 aromatic rings. The van der Waals surface area contributed by atoms with Crippen LogP contribution in [0.1, 0.15) is 12.0 Å². The van der Waals surface area contributed by atoms with Crippen molar-refractivity contribution in [2.45, 2.75) is 22.9 Å². The molecule has 0 atom stereocenters. The van der Waals surface area contributed by atoms with Crippen molar-refractivity contribution < 1.29 is 14.3 Å². The fraction of sp³-hybridized carbons (Fsp3) is 0.190. The summed E-state index contributed by atoms with van der Waals surface area (Å²) in [5.74, 6) is 1.24. The molecule has 0 unspecified atom stereocenters. The maximum Gasteiger partial charge on any atom is 0.224 e. The second-order valence-electron chi connectivity index (χ2n) is 5.85. The Kier molecular flexibility index (Phi) is 6.86. The van der Waals surface area contributed by atoms with E-state index < -0.39 is 0 Å². The van der Waals surface area contributed by atoms with Crippen molar-refractivity contribution in [2.75, 3.05) is 19.5 Å². The molecule has 0 saturated heterocycles. The van der Waals surface area contributed by atoms with Gasteiger partial charge in [0.25, 0.3) is 0 Å². The zero-order chi connectivity index (χ0) is 19.8. The number of methoxy groups -OCH3 is 2. The number of para-hydroxylation sites is 1. The predicted octanol–water partition coefficient (Wildman–Crippen LogP) is 4.22. The zero-order valence-corrected chi connectivity index (χ0v) is 16.5. The van der Waals surface area contributed by atoms with Crippen LogP contribution in [-0.4, -0.2) is 30.1 Å². The molecule has 1 amide bonds. The first-order valence-corrected chi connectivity index (χ1v) is 9.56. The molecule has 0 saturated carbocycles. The molecule has 0 aliphatic heterocycles. The predicted molar refractivity (Wildman–Crippen MR) is 109 cm³/mol. The topological polar surface area (TPSA) is 73.3 Å². The molecule has 0 spiro atoms. The van der Waals surface area contributed by atoms with E-state index in [4.69, 9.17) is 9.47 Å². The molecular weight excluding hydrogens is 374 g/mol. The molecule has 1 N–H and O–H groups in total. The van der Waals surface area contributed by atoms with Crippen LogP contribution in [0, 0.1) is 0 Å². The Morgan fingerprint density at radius 3 is 2.61 bits per heavy atom. The maximum absolute atomic E-state index is 12.4. The summed E-state index contributed by atoms with van der Waals surface area (Å²) < 4.78 is 10.7. The largest absolute Gasteiger partial charge is 0.493 e. The van der Waals surface area contributed by atoms with Gasteiger partial charge < -0.3 is 14.8 Å². The standard InChI is InChI=1S/C21H21N3O3S/c1-26-17-7-5-6-15(21(17)27-2)9-10-18(25)24-16-11-13-23-20(14-16)28-19-8-3-4-12-22-19/h3-8,11-14H,9-10H2,1-2H3,(H,23,24,25). The molecule has 6 nitrogen and oxygen atoms in total. The summed E-state index contributed by atoms with van der Waals surface area (Å²) in [6.45, 7) is 0. The fourth-order valence-corrected chi connectivity index (χ4v) is 3.45. The minimum Gasteiger partial charge on any atom is -0.493 e. The van der Waals surface area contributed by atoms with Crippen LogP contribution in [0.15, 0.2) is 71.0 Å². The molecule has 0 radical (unpaired) electrons. The second kappa shape index (κ2) is 9.75. The first kappa shape index (κ1) is 19.7. The molecule has 0 aliphatic carbocycles. The molecule has 0 bridgehead atoms. The van der Waals surface area contributed by atoms with Crippen molar-refractivity contribution >= 4 is 23.4 Å². The van der Waals surface area contributed by atoms with Gasteiger partial charge in [0.1, 0.15) is 10.1 Å². The van der Waals surface area contributed by atoms with E-state index in [0.29, 0.717) is 30.0 Å². The number of rotatable bonds is 8. The van der Waals surface area contributed by atoms with Crippen LogP contribution in [-0.2, 0) is 11.2 Å². The van der Waals surface area contributed by atoms with Crippen LogP contribution in [0.5, 0.6) is 11.5 Å². The molecular formula is C21H21N3O3S. The number of carbonyl (C=O) groups is 1. The lowest BCUT2D eigenvalue weighted by Gasteiger charge is -2.12. The Balaban J connectivity index is 1.60.